The molecule has 3 aromatic rings. The van der Waals surface area contributed by atoms with Crippen molar-refractivity contribution in [1.82, 2.24) is 4.90 Å². The number of likely N-dealkylation sites (tertiary alicyclic amines) is 1. The SMILES string of the molecule is COc1ccc(C(c2cccc3ccccc23)N2CCCC(C(=O)O)C2)cc1F. The molecule has 0 aromatic heterocycles. The second-order valence-electron chi connectivity index (χ2n) is 7.54. The van der Waals surface area contributed by atoms with Crippen LogP contribution >= 0.6 is 0 Å². The molecule has 4 nitrogen and oxygen atoms in total. The Balaban J connectivity index is 1.85. The fourth-order valence-electron chi connectivity index (χ4n) is 4.37. The predicted octanol–water partition coefficient (Wildman–Crippen LogP) is 4.87. The maximum Gasteiger partial charge on any atom is 0.307 e. The van der Waals surface area contributed by atoms with Crippen molar-refractivity contribution < 1.29 is 19.0 Å². The number of piperidine rings is 1. The van der Waals surface area contributed by atoms with Gasteiger partial charge in [0.15, 0.2) is 11.6 Å². The second-order valence-corrected chi connectivity index (χ2v) is 7.54. The van der Waals surface area contributed by atoms with Gasteiger partial charge in [-0.05, 0) is 53.4 Å². The molecule has 3 aromatic carbocycles. The summed E-state index contributed by atoms with van der Waals surface area (Å²) in [5.74, 6) is -1.40. The third-order valence-corrected chi connectivity index (χ3v) is 5.78. The topological polar surface area (TPSA) is 49.8 Å². The van der Waals surface area contributed by atoms with Crippen LogP contribution < -0.4 is 4.74 Å². The van der Waals surface area contributed by atoms with Gasteiger partial charge in [-0.15, -0.1) is 0 Å². The maximum absolute atomic E-state index is 14.6. The van der Waals surface area contributed by atoms with Crippen molar-refractivity contribution in [1.29, 1.82) is 0 Å². The minimum atomic E-state index is -0.771. The van der Waals surface area contributed by atoms with Gasteiger partial charge in [0.1, 0.15) is 0 Å². The van der Waals surface area contributed by atoms with E-state index in [4.69, 9.17) is 4.74 Å². The molecule has 2 unspecified atom stereocenters. The zero-order chi connectivity index (χ0) is 20.4. The highest BCUT2D eigenvalue weighted by molar-refractivity contribution is 5.86. The summed E-state index contributed by atoms with van der Waals surface area (Å²) < 4.78 is 19.7. The number of nitrogens with zero attached hydrogens (tertiary/aromatic N) is 1. The highest BCUT2D eigenvalue weighted by Crippen LogP contribution is 2.37. The summed E-state index contributed by atoms with van der Waals surface area (Å²) in [7, 11) is 1.45. The molecule has 0 spiro atoms. The minimum absolute atomic E-state index is 0.201. The molecule has 5 heteroatoms. The van der Waals surface area contributed by atoms with Crippen molar-refractivity contribution >= 4 is 16.7 Å². The van der Waals surface area contributed by atoms with E-state index in [1.807, 2.05) is 24.3 Å². The molecule has 1 saturated heterocycles. The third-order valence-electron chi connectivity index (χ3n) is 5.78. The van der Waals surface area contributed by atoms with E-state index >= 15 is 0 Å². The maximum atomic E-state index is 14.6. The van der Waals surface area contributed by atoms with Gasteiger partial charge in [0.05, 0.1) is 19.1 Å². The van der Waals surface area contributed by atoms with Gasteiger partial charge < -0.3 is 9.84 Å². The van der Waals surface area contributed by atoms with Crippen LogP contribution in [0.4, 0.5) is 4.39 Å². The van der Waals surface area contributed by atoms with Crippen molar-refractivity contribution in [2.24, 2.45) is 5.92 Å². The first-order valence-electron chi connectivity index (χ1n) is 9.86. The monoisotopic (exact) mass is 393 g/mol. The third kappa shape index (κ3) is 3.83. The van der Waals surface area contributed by atoms with E-state index in [-0.39, 0.29) is 11.8 Å². The highest BCUT2D eigenvalue weighted by Gasteiger charge is 2.32. The number of hydrogen-bond acceptors (Lipinski definition) is 3. The Hall–Kier alpha value is -2.92. The number of carbonyl (C=O) groups is 1. The molecule has 0 radical (unpaired) electrons. The lowest BCUT2D eigenvalue weighted by Gasteiger charge is -2.38. The molecule has 1 aliphatic heterocycles. The van der Waals surface area contributed by atoms with Crippen molar-refractivity contribution in [2.75, 3.05) is 20.2 Å². The number of aliphatic carboxylic acids is 1. The molecule has 0 saturated carbocycles. The van der Waals surface area contributed by atoms with Gasteiger partial charge >= 0.3 is 5.97 Å². The fourth-order valence-corrected chi connectivity index (χ4v) is 4.37. The first kappa shape index (κ1) is 19.4. The predicted molar refractivity (Wildman–Crippen MR) is 111 cm³/mol. The van der Waals surface area contributed by atoms with Gasteiger partial charge in [-0.25, -0.2) is 4.39 Å². The molecule has 4 rings (SSSR count). The average molecular weight is 393 g/mol. The van der Waals surface area contributed by atoms with Crippen LogP contribution in [-0.4, -0.2) is 36.2 Å². The average Bonchev–Trinajstić information content (AvgIpc) is 2.74. The number of fused-ring (bicyclic) bond motifs is 1. The number of carboxylic acid groups (broad SMARTS) is 1. The van der Waals surface area contributed by atoms with Gasteiger partial charge in [-0.2, -0.15) is 0 Å². The van der Waals surface area contributed by atoms with E-state index in [1.54, 1.807) is 6.07 Å². The number of halogens is 1. The summed E-state index contributed by atoms with van der Waals surface area (Å²) in [6.45, 7) is 1.21. The quantitative estimate of drug-likeness (QED) is 0.672. The number of carboxylic acids is 1. The van der Waals surface area contributed by atoms with Crippen LogP contribution in [0.3, 0.4) is 0 Å². The van der Waals surface area contributed by atoms with E-state index in [2.05, 4.69) is 29.2 Å². The normalized spacial score (nSPS) is 18.5. The number of methoxy groups -OCH3 is 1. The molecule has 1 heterocycles. The molecule has 0 amide bonds. The van der Waals surface area contributed by atoms with Gasteiger partial charge in [0, 0.05) is 6.54 Å². The summed E-state index contributed by atoms with van der Waals surface area (Å²) in [5, 5.41) is 11.8. The van der Waals surface area contributed by atoms with Crippen LogP contribution in [-0.2, 0) is 4.79 Å². The Kier molecular flexibility index (Phi) is 5.49. The van der Waals surface area contributed by atoms with Gasteiger partial charge in [0.25, 0.3) is 0 Å². The lowest BCUT2D eigenvalue weighted by atomic mass is 9.89. The largest absolute Gasteiger partial charge is 0.494 e. The lowest BCUT2D eigenvalue weighted by Crippen LogP contribution is -2.41. The minimum Gasteiger partial charge on any atom is -0.494 e. The summed E-state index contributed by atoms with van der Waals surface area (Å²) in [6.07, 6.45) is 1.47. The van der Waals surface area contributed by atoms with Crippen molar-refractivity contribution in [2.45, 2.75) is 18.9 Å². The van der Waals surface area contributed by atoms with E-state index in [1.165, 1.54) is 13.2 Å². The molecular weight excluding hydrogens is 369 g/mol. The lowest BCUT2D eigenvalue weighted by molar-refractivity contribution is -0.143. The molecule has 1 aliphatic rings. The summed E-state index contributed by atoms with van der Waals surface area (Å²) in [5.41, 5.74) is 1.85. The smallest absolute Gasteiger partial charge is 0.307 e. The molecule has 1 N–H and O–H groups in total. The molecular formula is C24H24FNO3. The zero-order valence-corrected chi connectivity index (χ0v) is 16.3. The molecule has 150 valence electrons. The van der Waals surface area contributed by atoms with Crippen LogP contribution in [0.25, 0.3) is 10.8 Å². The van der Waals surface area contributed by atoms with Crippen LogP contribution in [0.2, 0.25) is 0 Å². The van der Waals surface area contributed by atoms with Crippen LogP contribution in [0.15, 0.2) is 60.7 Å². The zero-order valence-electron chi connectivity index (χ0n) is 16.3. The standard InChI is InChI=1S/C24H24FNO3/c1-29-22-12-11-17(14-21(22)25)23(26-13-5-8-18(15-26)24(27)28)20-10-4-7-16-6-2-3-9-19(16)20/h2-4,6-7,9-12,14,18,23H,5,8,13,15H2,1H3,(H,27,28). The second kappa shape index (κ2) is 8.21. The van der Waals surface area contributed by atoms with Crippen molar-refractivity contribution in [3.8, 4) is 5.75 Å². The van der Waals surface area contributed by atoms with Crippen LogP contribution in [0, 0.1) is 11.7 Å². The molecule has 0 aliphatic carbocycles. The van der Waals surface area contributed by atoms with Crippen LogP contribution in [0.5, 0.6) is 5.75 Å². The summed E-state index contributed by atoms with van der Waals surface area (Å²) >= 11 is 0. The Morgan fingerprint density at radius 3 is 2.72 bits per heavy atom. The Morgan fingerprint density at radius 2 is 1.97 bits per heavy atom. The van der Waals surface area contributed by atoms with Crippen molar-refractivity contribution in [3.63, 3.8) is 0 Å². The molecule has 0 bridgehead atoms. The Morgan fingerprint density at radius 1 is 1.17 bits per heavy atom. The Bertz CT molecular complexity index is 1030. The number of rotatable bonds is 5. The summed E-state index contributed by atoms with van der Waals surface area (Å²) in [4.78, 5) is 13.8. The first-order valence-corrected chi connectivity index (χ1v) is 9.86. The number of hydrogen-bond donors (Lipinski definition) is 1. The van der Waals surface area contributed by atoms with E-state index in [9.17, 15) is 14.3 Å². The van der Waals surface area contributed by atoms with Gasteiger partial charge in [0.2, 0.25) is 0 Å². The fraction of sp³-hybridized carbons (Fsp3) is 0.292. The van der Waals surface area contributed by atoms with Gasteiger partial charge in [-0.3, -0.25) is 9.69 Å². The Labute approximate surface area is 169 Å². The van der Waals surface area contributed by atoms with Crippen LogP contribution in [0.1, 0.15) is 30.0 Å². The number of ether oxygens (including phenoxy) is 1. The molecule has 1 fully saturated rings. The van der Waals surface area contributed by atoms with E-state index in [0.29, 0.717) is 13.0 Å². The highest BCUT2D eigenvalue weighted by atomic mass is 19.1. The molecule has 2 atom stereocenters. The first-order chi connectivity index (χ1) is 14.1. The van der Waals surface area contributed by atoms with E-state index in [0.717, 1.165) is 34.9 Å². The van der Waals surface area contributed by atoms with Crippen molar-refractivity contribution in [3.05, 3.63) is 77.6 Å². The van der Waals surface area contributed by atoms with E-state index < -0.39 is 17.7 Å². The van der Waals surface area contributed by atoms with Gasteiger partial charge in [-0.1, -0.05) is 48.5 Å². The molecule has 29 heavy (non-hydrogen) atoms. The summed E-state index contributed by atoms with van der Waals surface area (Å²) in [6, 6.07) is 19.0. The number of benzene rings is 3.